The van der Waals surface area contributed by atoms with Crippen molar-refractivity contribution in [2.45, 2.75) is 45.8 Å². The third-order valence-electron chi connectivity index (χ3n) is 6.75. The quantitative estimate of drug-likeness (QED) is 0.391. The van der Waals surface area contributed by atoms with E-state index in [9.17, 15) is 9.18 Å². The van der Waals surface area contributed by atoms with E-state index < -0.39 is 11.4 Å². The minimum absolute atomic E-state index is 0.0458. The zero-order valence-electron chi connectivity index (χ0n) is 22.7. The van der Waals surface area contributed by atoms with Crippen molar-refractivity contribution in [3.63, 3.8) is 0 Å². The van der Waals surface area contributed by atoms with E-state index in [2.05, 4.69) is 27.8 Å². The first-order valence-corrected chi connectivity index (χ1v) is 12.7. The molecular weight excluding hydrogens is 485 g/mol. The third-order valence-corrected chi connectivity index (χ3v) is 6.75. The van der Waals surface area contributed by atoms with Gasteiger partial charge in [0.25, 0.3) is 0 Å². The number of likely N-dealkylation sites (N-methyl/N-ethyl adjacent to an activating group) is 1. The van der Waals surface area contributed by atoms with E-state index in [1.165, 1.54) is 6.07 Å². The summed E-state index contributed by atoms with van der Waals surface area (Å²) in [5.74, 6) is -0.408. The molecule has 1 aliphatic rings. The topological polar surface area (TPSA) is 79.9 Å². The molecule has 38 heavy (non-hydrogen) atoms. The highest BCUT2D eigenvalue weighted by atomic mass is 19.1. The molecule has 4 heterocycles. The molecule has 1 amide bonds. The molecule has 4 aromatic rings. The Balaban J connectivity index is 1.38. The number of nitrogens with zero attached hydrogens (tertiary/aromatic N) is 6. The lowest BCUT2D eigenvalue weighted by molar-refractivity contribution is 0.0238. The van der Waals surface area contributed by atoms with Crippen LogP contribution in [0.2, 0.25) is 0 Å². The smallest absolute Gasteiger partial charge is 0.410 e. The number of aromatic nitrogens is 4. The Kier molecular flexibility index (Phi) is 6.28. The van der Waals surface area contributed by atoms with Crippen LogP contribution < -0.4 is 10.2 Å². The summed E-state index contributed by atoms with van der Waals surface area (Å²) in [7, 11) is 3.68. The van der Waals surface area contributed by atoms with Gasteiger partial charge in [-0.3, -0.25) is 4.68 Å². The summed E-state index contributed by atoms with van der Waals surface area (Å²) < 4.78 is 23.6. The minimum atomic E-state index is -0.535. The molecule has 1 saturated heterocycles. The predicted molar refractivity (Wildman–Crippen MR) is 148 cm³/mol. The van der Waals surface area contributed by atoms with Crippen molar-refractivity contribution in [2.24, 2.45) is 7.05 Å². The zero-order chi connectivity index (χ0) is 27.4. The molecule has 1 N–H and O–H groups in total. The standard InChI is InChI=1S/C28H34FN7O2/c1-17-13-36-14-19(12-23(29)26(36)30-17)31-18(2)21-8-9-24(22-16-33(6)32-25(21)22)35-11-10-20(15-35)34(7)27(37)38-28(3,4)5/h8-9,12-14,16,20,31H,2,10-11,15H2,1,3-7H3/t20-/m1/s1. The van der Waals surface area contributed by atoms with Gasteiger partial charge in [0, 0.05) is 74.2 Å². The summed E-state index contributed by atoms with van der Waals surface area (Å²) in [4.78, 5) is 20.8. The normalized spacial score (nSPS) is 15.9. The van der Waals surface area contributed by atoms with Crippen molar-refractivity contribution < 1.29 is 13.9 Å². The summed E-state index contributed by atoms with van der Waals surface area (Å²) in [6.45, 7) is 13.2. The molecule has 3 aromatic heterocycles. The number of aryl methyl sites for hydroxylation is 2. The first-order valence-electron chi connectivity index (χ1n) is 12.7. The molecule has 0 spiro atoms. The molecule has 10 heteroatoms. The van der Waals surface area contributed by atoms with Crippen LogP contribution in [0.5, 0.6) is 0 Å². The first-order chi connectivity index (χ1) is 17.9. The molecular formula is C28H34FN7O2. The number of carbonyl (C=O) groups excluding carboxylic acids is 1. The van der Waals surface area contributed by atoms with Gasteiger partial charge in [-0.2, -0.15) is 5.10 Å². The number of imidazole rings is 1. The summed E-state index contributed by atoms with van der Waals surface area (Å²) in [5.41, 5.74) is 4.35. The molecule has 0 saturated carbocycles. The van der Waals surface area contributed by atoms with Gasteiger partial charge in [-0.25, -0.2) is 14.2 Å². The van der Waals surface area contributed by atoms with Crippen LogP contribution in [0.15, 0.2) is 43.4 Å². The van der Waals surface area contributed by atoms with Crippen molar-refractivity contribution in [3.8, 4) is 0 Å². The van der Waals surface area contributed by atoms with Crippen LogP contribution in [-0.4, -0.2) is 61.9 Å². The van der Waals surface area contributed by atoms with E-state index in [-0.39, 0.29) is 17.8 Å². The number of benzene rings is 1. The number of rotatable bonds is 5. The van der Waals surface area contributed by atoms with Gasteiger partial charge >= 0.3 is 6.09 Å². The first kappa shape index (κ1) is 25.6. The van der Waals surface area contributed by atoms with Crippen LogP contribution >= 0.6 is 0 Å². The summed E-state index contributed by atoms with van der Waals surface area (Å²) >= 11 is 0. The summed E-state index contributed by atoms with van der Waals surface area (Å²) in [6.07, 6.45) is 6.09. The minimum Gasteiger partial charge on any atom is -0.444 e. The number of fused-ring (bicyclic) bond motifs is 2. The second kappa shape index (κ2) is 9.34. The number of anilines is 2. The van der Waals surface area contributed by atoms with Crippen LogP contribution in [0.25, 0.3) is 22.2 Å². The maximum atomic E-state index is 14.6. The van der Waals surface area contributed by atoms with Gasteiger partial charge in [-0.05, 0) is 46.2 Å². The van der Waals surface area contributed by atoms with E-state index in [1.54, 1.807) is 33.4 Å². The van der Waals surface area contributed by atoms with Gasteiger partial charge in [0.1, 0.15) is 11.1 Å². The van der Waals surface area contributed by atoms with E-state index >= 15 is 0 Å². The van der Waals surface area contributed by atoms with Gasteiger partial charge < -0.3 is 24.3 Å². The molecule has 9 nitrogen and oxygen atoms in total. The SMILES string of the molecule is C=C(Nc1cc(F)c2nc(C)cn2c1)c1ccc(N2CC[C@@H](N(C)C(=O)OC(C)(C)C)C2)c2cn(C)nc12. The summed E-state index contributed by atoms with van der Waals surface area (Å²) in [6, 6.07) is 5.51. The number of halogens is 1. The van der Waals surface area contributed by atoms with Gasteiger partial charge in [-0.1, -0.05) is 6.58 Å². The van der Waals surface area contributed by atoms with Crippen molar-refractivity contribution >= 4 is 39.7 Å². The van der Waals surface area contributed by atoms with Crippen LogP contribution in [0.1, 0.15) is 38.4 Å². The Bertz CT molecular complexity index is 1550. The third kappa shape index (κ3) is 4.90. The number of pyridine rings is 1. The van der Waals surface area contributed by atoms with Crippen LogP contribution in [0, 0.1) is 12.7 Å². The predicted octanol–water partition coefficient (Wildman–Crippen LogP) is 5.20. The van der Waals surface area contributed by atoms with Crippen molar-refractivity contribution in [1.82, 2.24) is 24.1 Å². The Morgan fingerprint density at radius 2 is 2.03 bits per heavy atom. The number of carbonyl (C=O) groups is 1. The van der Waals surface area contributed by atoms with E-state index in [1.807, 2.05) is 47.0 Å². The van der Waals surface area contributed by atoms with Crippen molar-refractivity contribution in [3.05, 3.63) is 60.4 Å². The van der Waals surface area contributed by atoms with E-state index in [0.29, 0.717) is 17.9 Å². The molecule has 1 aliphatic heterocycles. The van der Waals surface area contributed by atoms with Crippen molar-refractivity contribution in [1.29, 1.82) is 0 Å². The summed E-state index contributed by atoms with van der Waals surface area (Å²) in [5, 5.41) is 8.94. The molecule has 0 aliphatic carbocycles. The zero-order valence-corrected chi connectivity index (χ0v) is 22.7. The maximum Gasteiger partial charge on any atom is 0.410 e. The molecule has 1 atom stereocenters. The number of hydrogen-bond donors (Lipinski definition) is 1. The fourth-order valence-electron chi connectivity index (χ4n) is 4.97. The molecule has 5 rings (SSSR count). The van der Waals surface area contributed by atoms with Crippen LogP contribution in [0.4, 0.5) is 20.6 Å². The van der Waals surface area contributed by atoms with E-state index in [0.717, 1.165) is 40.8 Å². The second-order valence-corrected chi connectivity index (χ2v) is 11.0. The molecule has 200 valence electrons. The molecule has 0 unspecified atom stereocenters. The number of hydrogen-bond acceptors (Lipinski definition) is 6. The molecule has 1 aromatic carbocycles. The number of nitrogens with one attached hydrogen (secondary N) is 1. The lowest BCUT2D eigenvalue weighted by atomic mass is 10.1. The Hall–Kier alpha value is -4.08. The van der Waals surface area contributed by atoms with Crippen molar-refractivity contribution in [2.75, 3.05) is 30.4 Å². The fraction of sp³-hybridized carbons (Fsp3) is 0.393. The second-order valence-electron chi connectivity index (χ2n) is 11.0. The van der Waals surface area contributed by atoms with E-state index in [4.69, 9.17) is 9.84 Å². The molecule has 0 radical (unpaired) electrons. The Morgan fingerprint density at radius 3 is 2.76 bits per heavy atom. The largest absolute Gasteiger partial charge is 0.444 e. The van der Waals surface area contributed by atoms with Crippen LogP contribution in [-0.2, 0) is 11.8 Å². The van der Waals surface area contributed by atoms with Gasteiger partial charge in [0.15, 0.2) is 11.5 Å². The van der Waals surface area contributed by atoms with Gasteiger partial charge in [0.05, 0.1) is 17.4 Å². The maximum absolute atomic E-state index is 14.6. The van der Waals surface area contributed by atoms with Gasteiger partial charge in [-0.15, -0.1) is 0 Å². The highest BCUT2D eigenvalue weighted by Crippen LogP contribution is 2.34. The van der Waals surface area contributed by atoms with Crippen LogP contribution in [0.3, 0.4) is 0 Å². The molecule has 1 fully saturated rings. The Labute approximate surface area is 221 Å². The van der Waals surface area contributed by atoms with Gasteiger partial charge in [0.2, 0.25) is 0 Å². The Morgan fingerprint density at radius 1 is 1.26 bits per heavy atom. The fourth-order valence-corrected chi connectivity index (χ4v) is 4.97. The average molecular weight is 520 g/mol. The lowest BCUT2D eigenvalue weighted by Gasteiger charge is -2.29. The number of amides is 1. The highest BCUT2D eigenvalue weighted by Gasteiger charge is 2.32. The highest BCUT2D eigenvalue weighted by molar-refractivity contribution is 6.00. The number of ether oxygens (including phenoxy) is 1. The monoisotopic (exact) mass is 519 g/mol. The lowest BCUT2D eigenvalue weighted by Crippen LogP contribution is -2.42. The molecule has 0 bridgehead atoms. The average Bonchev–Trinajstić information content (AvgIpc) is 3.54.